The highest BCUT2D eigenvalue weighted by atomic mass is 35.5. The number of rotatable bonds is 5. The Morgan fingerprint density at radius 3 is 2.62 bits per heavy atom. The fourth-order valence-corrected chi connectivity index (χ4v) is 3.95. The van der Waals surface area contributed by atoms with E-state index in [1.165, 1.54) is 0 Å². The van der Waals surface area contributed by atoms with Crippen molar-refractivity contribution in [2.75, 3.05) is 0 Å². The summed E-state index contributed by atoms with van der Waals surface area (Å²) in [7, 11) is 0. The van der Waals surface area contributed by atoms with Crippen LogP contribution in [0.15, 0.2) is 88.3 Å². The number of aromatic nitrogens is 1. The number of aliphatic imine (C=N–C) groups is 1. The molecule has 0 spiro atoms. The number of hydrogen-bond donors (Lipinski definition) is 2. The van der Waals surface area contributed by atoms with E-state index in [2.05, 4.69) is 9.98 Å². The number of phenolic OH excluding ortho intramolecular Hbond substituents is 2. The summed E-state index contributed by atoms with van der Waals surface area (Å²) in [4.78, 5) is 8.99. The molecule has 0 saturated heterocycles. The van der Waals surface area contributed by atoms with Crippen molar-refractivity contribution < 1.29 is 14.6 Å². The summed E-state index contributed by atoms with van der Waals surface area (Å²) >= 11 is 6.29. The molecule has 5 rings (SSSR count). The Morgan fingerprint density at radius 1 is 0.941 bits per heavy atom. The predicted octanol–water partition coefficient (Wildman–Crippen LogP) is 7.21. The number of phenols is 2. The second-order valence-corrected chi connectivity index (χ2v) is 8.52. The zero-order valence-electron chi connectivity index (χ0n) is 18.4. The highest BCUT2D eigenvalue weighted by molar-refractivity contribution is 6.31. The van der Waals surface area contributed by atoms with Crippen LogP contribution in [0.3, 0.4) is 0 Å². The summed E-state index contributed by atoms with van der Waals surface area (Å²) in [5.74, 6) is 0.492. The standard InChI is InChI=1S/C28H21ClN2O3/c1-17-6-9-24-27(12-17)34-28(31-24)22-15-21(8-11-26(22)33)30-16-20-14-18(7-10-25(20)32)13-19-4-2-3-5-23(19)29/h2-12,14-16,32-33H,13H2,1H3. The van der Waals surface area contributed by atoms with Gasteiger partial charge >= 0.3 is 0 Å². The maximum atomic E-state index is 10.4. The van der Waals surface area contributed by atoms with E-state index in [4.69, 9.17) is 16.0 Å². The van der Waals surface area contributed by atoms with E-state index in [1.54, 1.807) is 30.5 Å². The Bertz CT molecular complexity index is 1540. The summed E-state index contributed by atoms with van der Waals surface area (Å²) in [6.45, 7) is 1.98. The van der Waals surface area contributed by atoms with Gasteiger partial charge in [0, 0.05) is 16.8 Å². The number of benzene rings is 4. The maximum absolute atomic E-state index is 10.4. The van der Waals surface area contributed by atoms with Crippen LogP contribution in [0.25, 0.3) is 22.6 Å². The van der Waals surface area contributed by atoms with Crippen molar-refractivity contribution in [1.29, 1.82) is 0 Å². The number of aromatic hydroxyl groups is 2. The highest BCUT2D eigenvalue weighted by Gasteiger charge is 2.13. The van der Waals surface area contributed by atoms with Crippen molar-refractivity contribution in [1.82, 2.24) is 4.98 Å². The van der Waals surface area contributed by atoms with Gasteiger partial charge in [-0.1, -0.05) is 41.9 Å². The van der Waals surface area contributed by atoms with Crippen LogP contribution >= 0.6 is 11.6 Å². The molecule has 0 atom stereocenters. The van der Waals surface area contributed by atoms with Crippen LogP contribution in [0.4, 0.5) is 5.69 Å². The average molecular weight is 469 g/mol. The number of aryl methyl sites for hydroxylation is 1. The third-order valence-electron chi connectivity index (χ3n) is 5.55. The van der Waals surface area contributed by atoms with Gasteiger partial charge in [-0.25, -0.2) is 4.98 Å². The van der Waals surface area contributed by atoms with Gasteiger partial charge in [0.2, 0.25) is 5.89 Å². The zero-order chi connectivity index (χ0) is 23.7. The number of nitrogens with zero attached hydrogens (tertiary/aromatic N) is 2. The molecule has 4 aromatic carbocycles. The summed E-state index contributed by atoms with van der Waals surface area (Å²) in [5.41, 5.74) is 6.06. The van der Waals surface area contributed by atoms with Crippen molar-refractivity contribution in [2.45, 2.75) is 13.3 Å². The lowest BCUT2D eigenvalue weighted by Gasteiger charge is -2.07. The fraction of sp³-hybridized carbons (Fsp3) is 0.0714. The Kier molecular flexibility index (Phi) is 5.78. The van der Waals surface area contributed by atoms with Crippen LogP contribution in [0.1, 0.15) is 22.3 Å². The lowest BCUT2D eigenvalue weighted by molar-refractivity contribution is 0.473. The molecule has 0 fully saturated rings. The van der Waals surface area contributed by atoms with E-state index in [0.717, 1.165) is 16.7 Å². The lowest BCUT2D eigenvalue weighted by Crippen LogP contribution is -1.92. The van der Waals surface area contributed by atoms with Crippen molar-refractivity contribution in [3.8, 4) is 23.0 Å². The largest absolute Gasteiger partial charge is 0.507 e. The van der Waals surface area contributed by atoms with Crippen LogP contribution in [-0.4, -0.2) is 21.4 Å². The van der Waals surface area contributed by atoms with E-state index >= 15 is 0 Å². The Labute approximate surface area is 201 Å². The van der Waals surface area contributed by atoms with Gasteiger partial charge in [-0.15, -0.1) is 0 Å². The first-order valence-corrected chi connectivity index (χ1v) is 11.1. The molecular formula is C28H21ClN2O3. The number of fused-ring (bicyclic) bond motifs is 1. The van der Waals surface area contributed by atoms with Gasteiger partial charge in [0.05, 0.1) is 11.3 Å². The molecule has 0 aliphatic rings. The topological polar surface area (TPSA) is 78.9 Å². The molecule has 168 valence electrons. The molecule has 1 heterocycles. The van der Waals surface area contributed by atoms with Crippen LogP contribution in [0.5, 0.6) is 11.5 Å². The quantitative estimate of drug-likeness (QED) is 0.267. The first-order valence-electron chi connectivity index (χ1n) is 10.8. The van der Waals surface area contributed by atoms with E-state index in [-0.39, 0.29) is 11.5 Å². The average Bonchev–Trinajstić information content (AvgIpc) is 3.24. The van der Waals surface area contributed by atoms with Crippen LogP contribution in [0.2, 0.25) is 5.02 Å². The summed E-state index contributed by atoms with van der Waals surface area (Å²) < 4.78 is 5.86. The highest BCUT2D eigenvalue weighted by Crippen LogP contribution is 2.34. The normalized spacial score (nSPS) is 11.5. The van der Waals surface area contributed by atoms with E-state index in [1.807, 2.05) is 61.5 Å². The molecule has 0 amide bonds. The summed E-state index contributed by atoms with van der Waals surface area (Å²) in [6.07, 6.45) is 2.23. The van der Waals surface area contributed by atoms with E-state index < -0.39 is 0 Å². The SMILES string of the molecule is Cc1ccc2nc(-c3cc(N=Cc4cc(Cc5ccccc5Cl)ccc4O)ccc3O)oc2c1. The summed E-state index contributed by atoms with van der Waals surface area (Å²) in [6, 6.07) is 23.8. The first-order chi connectivity index (χ1) is 16.5. The van der Waals surface area contributed by atoms with Crippen LogP contribution in [0, 0.1) is 6.92 Å². The Balaban J connectivity index is 1.44. The smallest absolute Gasteiger partial charge is 0.231 e. The second kappa shape index (κ2) is 9.04. The second-order valence-electron chi connectivity index (χ2n) is 8.11. The van der Waals surface area contributed by atoms with Crippen molar-refractivity contribution in [3.63, 3.8) is 0 Å². The number of halogens is 1. The van der Waals surface area contributed by atoms with Gasteiger partial charge in [-0.2, -0.15) is 0 Å². The molecule has 0 aliphatic carbocycles. The molecule has 6 heteroatoms. The van der Waals surface area contributed by atoms with Crippen molar-refractivity contribution in [3.05, 3.63) is 106 Å². The molecule has 0 bridgehead atoms. The van der Waals surface area contributed by atoms with E-state index in [0.29, 0.717) is 45.2 Å². The Morgan fingerprint density at radius 2 is 1.76 bits per heavy atom. The molecule has 2 N–H and O–H groups in total. The van der Waals surface area contributed by atoms with Gasteiger partial charge in [0.15, 0.2) is 5.58 Å². The third-order valence-corrected chi connectivity index (χ3v) is 5.92. The minimum atomic E-state index is 0.0480. The van der Waals surface area contributed by atoms with Crippen LogP contribution < -0.4 is 0 Å². The molecule has 0 unspecified atom stereocenters. The molecule has 0 saturated carbocycles. The maximum Gasteiger partial charge on any atom is 0.231 e. The molecule has 0 radical (unpaired) electrons. The number of hydrogen-bond acceptors (Lipinski definition) is 5. The molecule has 0 aliphatic heterocycles. The lowest BCUT2D eigenvalue weighted by atomic mass is 10.0. The minimum absolute atomic E-state index is 0.0480. The van der Waals surface area contributed by atoms with Crippen molar-refractivity contribution >= 4 is 34.6 Å². The van der Waals surface area contributed by atoms with Gasteiger partial charge in [0.1, 0.15) is 17.0 Å². The minimum Gasteiger partial charge on any atom is -0.507 e. The van der Waals surface area contributed by atoms with Crippen LogP contribution in [-0.2, 0) is 6.42 Å². The first kappa shape index (κ1) is 21.7. The van der Waals surface area contributed by atoms with Gasteiger partial charge in [-0.3, -0.25) is 4.99 Å². The van der Waals surface area contributed by atoms with E-state index in [9.17, 15) is 10.2 Å². The molecule has 1 aromatic heterocycles. The van der Waals surface area contributed by atoms with Crippen molar-refractivity contribution in [2.24, 2.45) is 4.99 Å². The Hall–Kier alpha value is -4.09. The molecule has 5 nitrogen and oxygen atoms in total. The zero-order valence-corrected chi connectivity index (χ0v) is 19.1. The van der Waals surface area contributed by atoms with Gasteiger partial charge in [-0.05, 0) is 78.6 Å². The van der Waals surface area contributed by atoms with Gasteiger partial charge < -0.3 is 14.6 Å². The number of oxazole rings is 1. The fourth-order valence-electron chi connectivity index (χ4n) is 3.75. The third kappa shape index (κ3) is 4.51. The molecule has 34 heavy (non-hydrogen) atoms. The summed E-state index contributed by atoms with van der Waals surface area (Å²) in [5, 5.41) is 21.4. The monoisotopic (exact) mass is 468 g/mol. The molecule has 5 aromatic rings. The predicted molar refractivity (Wildman–Crippen MR) is 135 cm³/mol. The molecular weight excluding hydrogens is 448 g/mol. The van der Waals surface area contributed by atoms with Gasteiger partial charge in [0.25, 0.3) is 0 Å².